The lowest BCUT2D eigenvalue weighted by molar-refractivity contribution is -0.173. The first-order valence-corrected chi connectivity index (χ1v) is 20.5. The fourth-order valence-electron chi connectivity index (χ4n) is 9.52. The lowest BCUT2D eigenvalue weighted by Crippen LogP contribution is -2.59. The molecule has 5 aliphatic rings. The zero-order valence-electron chi connectivity index (χ0n) is 34.3. The molecule has 10 heteroatoms. The molecule has 298 valence electrons. The number of piperazine rings is 1. The molecule has 3 unspecified atom stereocenters. The number of allylic oxidation sites excluding steroid dienone is 1. The highest BCUT2D eigenvalue weighted by molar-refractivity contribution is 6.01. The van der Waals surface area contributed by atoms with Crippen molar-refractivity contribution in [2.24, 2.45) is 34.1 Å². The Labute approximate surface area is 328 Å². The summed E-state index contributed by atoms with van der Waals surface area (Å²) < 4.78 is 21.0. The van der Waals surface area contributed by atoms with E-state index in [4.69, 9.17) is 9.73 Å². The number of aryl methyl sites for hydroxylation is 1. The maximum atomic E-state index is 15.5. The number of benzene rings is 1. The third kappa shape index (κ3) is 8.47. The van der Waals surface area contributed by atoms with Gasteiger partial charge < -0.3 is 25.1 Å². The molecule has 2 aromatic rings. The number of halogens is 1. The molecule has 1 saturated heterocycles. The Morgan fingerprint density at radius 3 is 2.53 bits per heavy atom. The Morgan fingerprint density at radius 2 is 1.89 bits per heavy atom. The SMILES string of the molecule is C=C(c1cccnc1)N(CCC1=C(F)C(C)C(OC)C=C1)C(=O)c1ccc(NC(=N[C@H]2CC3C[C@H]([C@@H]2C)C3(C)C)N2C[C@@H](C)N(O)[C@@H](C)C2)cc1CCCC. The topological polar surface area (TPSA) is 93.5 Å². The van der Waals surface area contributed by atoms with Gasteiger partial charge in [-0.05, 0) is 111 Å². The van der Waals surface area contributed by atoms with Gasteiger partial charge in [-0.1, -0.05) is 59.8 Å². The fraction of sp³-hybridized carbons (Fsp3) is 0.578. The number of fused-ring (bicyclic) bond motifs is 2. The molecule has 9 nitrogen and oxygen atoms in total. The van der Waals surface area contributed by atoms with Crippen LogP contribution in [-0.4, -0.2) is 87.9 Å². The number of carbonyl (C=O) groups is 1. The lowest BCUT2D eigenvalue weighted by atomic mass is 9.45. The minimum absolute atomic E-state index is 0.0520. The Bertz CT molecular complexity index is 1780. The first-order valence-electron chi connectivity index (χ1n) is 20.5. The number of unbranched alkanes of at least 4 members (excludes halogenated alkanes) is 1. The second kappa shape index (κ2) is 17.1. The van der Waals surface area contributed by atoms with Crippen LogP contribution in [0.15, 0.2) is 77.8 Å². The predicted octanol–water partition coefficient (Wildman–Crippen LogP) is 8.99. The van der Waals surface area contributed by atoms with Gasteiger partial charge in [-0.15, -0.1) is 0 Å². The largest absolute Gasteiger partial charge is 0.377 e. The number of anilines is 1. The maximum Gasteiger partial charge on any atom is 0.258 e. The number of hydroxylamine groups is 2. The Kier molecular flexibility index (Phi) is 12.7. The van der Waals surface area contributed by atoms with Crippen LogP contribution in [0.5, 0.6) is 0 Å². The Morgan fingerprint density at radius 1 is 1.15 bits per heavy atom. The molecule has 4 aliphatic carbocycles. The van der Waals surface area contributed by atoms with Crippen LogP contribution in [0.1, 0.15) is 102 Å². The van der Waals surface area contributed by atoms with E-state index in [0.717, 1.165) is 48.5 Å². The van der Waals surface area contributed by atoms with Crippen LogP contribution in [0.4, 0.5) is 10.1 Å². The van der Waals surface area contributed by atoms with Crippen molar-refractivity contribution in [3.63, 3.8) is 0 Å². The molecule has 1 aliphatic heterocycles. The molecule has 0 spiro atoms. The first-order chi connectivity index (χ1) is 26.2. The van der Waals surface area contributed by atoms with Crippen molar-refractivity contribution in [2.45, 2.75) is 111 Å². The van der Waals surface area contributed by atoms with Gasteiger partial charge in [0.15, 0.2) is 5.96 Å². The molecule has 55 heavy (non-hydrogen) atoms. The maximum absolute atomic E-state index is 15.5. The molecular weight excluding hydrogens is 692 g/mol. The van der Waals surface area contributed by atoms with Crippen molar-refractivity contribution in [3.05, 3.63) is 89.5 Å². The van der Waals surface area contributed by atoms with E-state index in [1.54, 1.807) is 30.5 Å². The number of rotatable bonds is 12. The number of aromatic nitrogens is 1. The van der Waals surface area contributed by atoms with Crippen LogP contribution >= 0.6 is 0 Å². The van der Waals surface area contributed by atoms with Gasteiger partial charge >= 0.3 is 0 Å². The van der Waals surface area contributed by atoms with Gasteiger partial charge in [-0.25, -0.2) is 9.38 Å². The Balaban J connectivity index is 1.31. The zero-order valence-corrected chi connectivity index (χ0v) is 34.3. The fourth-order valence-corrected chi connectivity index (χ4v) is 9.52. The molecule has 0 radical (unpaired) electrons. The minimum Gasteiger partial charge on any atom is -0.377 e. The number of nitrogens with one attached hydrogen (secondary N) is 1. The average molecular weight is 755 g/mol. The van der Waals surface area contributed by atoms with Gasteiger partial charge in [-0.3, -0.25) is 9.78 Å². The average Bonchev–Trinajstić information content (AvgIpc) is 3.17. The summed E-state index contributed by atoms with van der Waals surface area (Å²) in [5, 5.41) is 15.9. The van der Waals surface area contributed by atoms with Crippen molar-refractivity contribution in [2.75, 3.05) is 32.1 Å². The highest BCUT2D eigenvalue weighted by atomic mass is 19.1. The summed E-state index contributed by atoms with van der Waals surface area (Å²) in [5.74, 6) is 1.86. The summed E-state index contributed by atoms with van der Waals surface area (Å²) in [5.41, 5.74) is 4.60. The van der Waals surface area contributed by atoms with Gasteiger partial charge in [0, 0.05) is 67.6 Å². The molecule has 3 saturated carbocycles. The highest BCUT2D eigenvalue weighted by Crippen LogP contribution is 2.61. The van der Waals surface area contributed by atoms with Gasteiger partial charge in [0.1, 0.15) is 5.83 Å². The van der Waals surface area contributed by atoms with E-state index >= 15 is 4.39 Å². The zero-order chi connectivity index (χ0) is 39.6. The standard InChI is InChI=1S/C45H63FN6O3/c1-10-11-13-34-22-37(48-44(50-26-28(2)52(54)29(3)27-50)49-40-24-36-23-39(30(40)4)45(36,7)8)16-17-38(34)43(53)51(32(6)35-14-12-20-47-25-35)21-19-33-15-18-41(55-9)31(5)42(33)46/h12,14-18,20,22,25,28-31,36,39-41,54H,6,10-11,13,19,21,23-24,26-27H2,1-5,7-9H3,(H,48,49)/t28-,29+,30-,31?,36?,39+,40-,41?/m0/s1. The third-order valence-electron chi connectivity index (χ3n) is 13.3. The van der Waals surface area contributed by atoms with E-state index in [2.05, 4.69) is 55.5 Å². The normalized spacial score (nSPS) is 29.2. The van der Waals surface area contributed by atoms with Crippen LogP contribution in [0.25, 0.3) is 5.70 Å². The van der Waals surface area contributed by atoms with E-state index in [1.807, 2.05) is 51.1 Å². The van der Waals surface area contributed by atoms with Crippen LogP contribution in [0.2, 0.25) is 0 Å². The summed E-state index contributed by atoms with van der Waals surface area (Å²) >= 11 is 0. The first kappa shape index (κ1) is 40.8. The number of nitrogens with zero attached hydrogens (tertiary/aromatic N) is 5. The summed E-state index contributed by atoms with van der Waals surface area (Å²) in [7, 11) is 1.59. The van der Waals surface area contributed by atoms with E-state index in [-0.39, 0.29) is 42.5 Å². The van der Waals surface area contributed by atoms with Crippen LogP contribution in [-0.2, 0) is 11.2 Å². The monoisotopic (exact) mass is 754 g/mol. The molecule has 2 bridgehead atoms. The van der Waals surface area contributed by atoms with E-state index < -0.39 is 5.92 Å². The number of ether oxygens (including phenoxy) is 1. The summed E-state index contributed by atoms with van der Waals surface area (Å²) in [6.45, 7) is 21.2. The second-order valence-corrected chi connectivity index (χ2v) is 17.2. The quantitative estimate of drug-likeness (QED) is 0.165. The molecule has 7 rings (SSSR count). The van der Waals surface area contributed by atoms with Crippen molar-refractivity contribution in [3.8, 4) is 0 Å². The number of aliphatic imine (C=N–C) groups is 1. The molecule has 1 aromatic carbocycles. The molecule has 4 fully saturated rings. The predicted molar refractivity (Wildman–Crippen MR) is 219 cm³/mol. The number of guanidine groups is 1. The van der Waals surface area contributed by atoms with Crippen molar-refractivity contribution in [1.82, 2.24) is 19.8 Å². The smallest absolute Gasteiger partial charge is 0.258 e. The number of hydrogen-bond acceptors (Lipinski definition) is 6. The van der Waals surface area contributed by atoms with Gasteiger partial charge in [0.05, 0.1) is 24.2 Å². The number of methoxy groups -OCH3 is 1. The molecule has 8 atom stereocenters. The van der Waals surface area contributed by atoms with Crippen molar-refractivity contribution in [1.29, 1.82) is 0 Å². The second-order valence-electron chi connectivity index (χ2n) is 17.2. The van der Waals surface area contributed by atoms with Crippen LogP contribution in [0, 0.1) is 29.1 Å². The lowest BCUT2D eigenvalue weighted by Gasteiger charge is -2.61. The van der Waals surface area contributed by atoms with Gasteiger partial charge in [0.2, 0.25) is 0 Å². The molecule has 2 heterocycles. The van der Waals surface area contributed by atoms with Gasteiger partial charge in [0.25, 0.3) is 5.91 Å². The van der Waals surface area contributed by atoms with Gasteiger partial charge in [-0.2, -0.15) is 5.06 Å². The van der Waals surface area contributed by atoms with Crippen LogP contribution < -0.4 is 5.32 Å². The number of carbonyl (C=O) groups excluding carboxylic acids is 1. The molecule has 1 aromatic heterocycles. The van der Waals surface area contributed by atoms with Crippen molar-refractivity contribution >= 4 is 23.3 Å². The van der Waals surface area contributed by atoms with E-state index in [0.29, 0.717) is 59.5 Å². The number of pyridine rings is 1. The highest BCUT2D eigenvalue weighted by Gasteiger charge is 2.56. The third-order valence-corrected chi connectivity index (χ3v) is 13.3. The minimum atomic E-state index is -0.400. The summed E-state index contributed by atoms with van der Waals surface area (Å²) in [6, 6.07) is 9.82. The van der Waals surface area contributed by atoms with Crippen LogP contribution in [0.3, 0.4) is 0 Å². The number of hydrogen-bond donors (Lipinski definition) is 2. The summed E-state index contributed by atoms with van der Waals surface area (Å²) in [6.07, 6.45) is 12.1. The molecule has 1 amide bonds. The molecule has 2 N–H and O–H groups in total. The molecular formula is C45H63FN6O3. The Hall–Kier alpha value is -3.86. The van der Waals surface area contributed by atoms with E-state index in [9.17, 15) is 10.0 Å². The van der Waals surface area contributed by atoms with Crippen molar-refractivity contribution < 1.29 is 19.1 Å². The summed E-state index contributed by atoms with van der Waals surface area (Å²) in [4.78, 5) is 28.5. The number of amides is 1. The van der Waals surface area contributed by atoms with E-state index in [1.165, 1.54) is 11.5 Å².